The van der Waals surface area contributed by atoms with Gasteiger partial charge < -0.3 is 14.9 Å². The van der Waals surface area contributed by atoms with E-state index in [1.807, 2.05) is 6.92 Å². The fraction of sp³-hybridized carbons (Fsp3) is 0.133. The number of hydrogen-bond acceptors (Lipinski definition) is 4. The van der Waals surface area contributed by atoms with Gasteiger partial charge in [0.1, 0.15) is 17.2 Å². The van der Waals surface area contributed by atoms with E-state index in [4.69, 9.17) is 4.74 Å². The zero-order chi connectivity index (χ0) is 14.0. The van der Waals surface area contributed by atoms with E-state index in [1.165, 1.54) is 31.4 Å². The van der Waals surface area contributed by atoms with Gasteiger partial charge in [-0.25, -0.2) is 0 Å². The monoisotopic (exact) mass is 258 g/mol. The molecule has 2 aromatic carbocycles. The highest BCUT2D eigenvalue weighted by molar-refractivity contribution is 6.12. The Balaban J connectivity index is 2.44. The third-order valence-electron chi connectivity index (χ3n) is 2.85. The minimum absolute atomic E-state index is 0.0970. The lowest BCUT2D eigenvalue weighted by molar-refractivity contribution is 0.103. The average molecular weight is 258 g/mol. The third kappa shape index (κ3) is 2.52. The van der Waals surface area contributed by atoms with Gasteiger partial charge in [0.25, 0.3) is 0 Å². The molecule has 0 amide bonds. The van der Waals surface area contributed by atoms with Crippen LogP contribution in [0, 0.1) is 6.92 Å². The highest BCUT2D eigenvalue weighted by Crippen LogP contribution is 2.28. The van der Waals surface area contributed by atoms with Gasteiger partial charge in [-0.05, 0) is 36.8 Å². The van der Waals surface area contributed by atoms with Crippen LogP contribution in [0.15, 0.2) is 36.4 Å². The molecule has 0 unspecified atom stereocenters. The predicted molar refractivity (Wildman–Crippen MR) is 70.9 cm³/mol. The van der Waals surface area contributed by atoms with Gasteiger partial charge in [0.15, 0.2) is 5.78 Å². The molecule has 0 saturated carbocycles. The van der Waals surface area contributed by atoms with Crippen LogP contribution in [0.2, 0.25) is 0 Å². The Labute approximate surface area is 110 Å². The molecule has 0 saturated heterocycles. The number of benzene rings is 2. The lowest BCUT2D eigenvalue weighted by Gasteiger charge is -2.08. The van der Waals surface area contributed by atoms with Crippen molar-refractivity contribution in [2.45, 2.75) is 6.92 Å². The van der Waals surface area contributed by atoms with Crippen molar-refractivity contribution in [1.82, 2.24) is 0 Å². The van der Waals surface area contributed by atoms with Crippen molar-refractivity contribution in [1.29, 1.82) is 0 Å². The minimum atomic E-state index is -0.433. The summed E-state index contributed by atoms with van der Waals surface area (Å²) in [7, 11) is 1.47. The van der Waals surface area contributed by atoms with Gasteiger partial charge >= 0.3 is 0 Å². The number of phenolic OH excluding ortho intramolecular Hbond substituents is 2. The summed E-state index contributed by atoms with van der Waals surface area (Å²) in [5, 5.41) is 19.6. The molecule has 4 heteroatoms. The number of carbonyl (C=O) groups excluding carboxylic acids is 1. The summed E-state index contributed by atoms with van der Waals surface area (Å²) < 4.78 is 4.95. The SMILES string of the molecule is COc1ccc(C(=O)c2ccc(C)cc2O)c(O)c1. The maximum Gasteiger partial charge on any atom is 0.200 e. The van der Waals surface area contributed by atoms with Gasteiger partial charge in [-0.1, -0.05) is 6.07 Å². The summed E-state index contributed by atoms with van der Waals surface area (Å²) in [4.78, 5) is 12.2. The van der Waals surface area contributed by atoms with E-state index in [-0.39, 0.29) is 22.6 Å². The molecule has 0 fully saturated rings. The van der Waals surface area contributed by atoms with Gasteiger partial charge in [0.05, 0.1) is 18.2 Å². The summed E-state index contributed by atoms with van der Waals surface area (Å²) in [6.07, 6.45) is 0. The number of ether oxygens (including phenoxy) is 1. The van der Waals surface area contributed by atoms with Gasteiger partial charge in [-0.15, -0.1) is 0 Å². The van der Waals surface area contributed by atoms with Crippen LogP contribution in [0.4, 0.5) is 0 Å². The first kappa shape index (κ1) is 13.0. The van der Waals surface area contributed by atoms with Crippen LogP contribution in [0.1, 0.15) is 21.5 Å². The molecule has 2 rings (SSSR count). The van der Waals surface area contributed by atoms with E-state index in [2.05, 4.69) is 0 Å². The Kier molecular flexibility index (Phi) is 3.42. The van der Waals surface area contributed by atoms with Crippen molar-refractivity contribution in [3.63, 3.8) is 0 Å². The number of hydrogen-bond donors (Lipinski definition) is 2. The molecule has 2 N–H and O–H groups in total. The van der Waals surface area contributed by atoms with Crippen molar-refractivity contribution >= 4 is 5.78 Å². The average Bonchev–Trinajstić information content (AvgIpc) is 2.37. The fourth-order valence-corrected chi connectivity index (χ4v) is 1.81. The lowest BCUT2D eigenvalue weighted by Crippen LogP contribution is -2.02. The molecular formula is C15H14O4. The van der Waals surface area contributed by atoms with Gasteiger partial charge in [0.2, 0.25) is 0 Å². The standard InChI is InChI=1S/C15H14O4/c1-9-3-5-11(13(16)7-9)15(18)12-6-4-10(19-2)8-14(12)17/h3-8,16-17H,1-2H3. The smallest absolute Gasteiger partial charge is 0.200 e. The summed E-state index contributed by atoms with van der Waals surface area (Å²) >= 11 is 0. The summed E-state index contributed by atoms with van der Waals surface area (Å²) in [6, 6.07) is 9.18. The number of aryl methyl sites for hydroxylation is 1. The first-order valence-electron chi connectivity index (χ1n) is 5.74. The molecule has 0 aliphatic heterocycles. The molecule has 0 aliphatic rings. The Hall–Kier alpha value is -2.49. The second-order valence-electron chi connectivity index (χ2n) is 4.23. The number of phenols is 2. The highest BCUT2D eigenvalue weighted by Gasteiger charge is 2.17. The lowest BCUT2D eigenvalue weighted by atomic mass is 10.0. The summed E-state index contributed by atoms with van der Waals surface area (Å²) in [6.45, 7) is 1.82. The molecule has 0 spiro atoms. The quantitative estimate of drug-likeness (QED) is 0.830. The van der Waals surface area contributed by atoms with Crippen LogP contribution in [-0.2, 0) is 0 Å². The van der Waals surface area contributed by atoms with Crippen molar-refractivity contribution in [2.24, 2.45) is 0 Å². The first-order chi connectivity index (χ1) is 9.02. The van der Waals surface area contributed by atoms with Crippen LogP contribution in [0.3, 0.4) is 0 Å². The highest BCUT2D eigenvalue weighted by atomic mass is 16.5. The van der Waals surface area contributed by atoms with E-state index in [0.29, 0.717) is 5.75 Å². The topological polar surface area (TPSA) is 66.8 Å². The molecular weight excluding hydrogens is 244 g/mol. The van der Waals surface area contributed by atoms with Crippen LogP contribution in [0.5, 0.6) is 17.2 Å². The van der Waals surface area contributed by atoms with E-state index in [9.17, 15) is 15.0 Å². The molecule has 0 aliphatic carbocycles. The molecule has 4 nitrogen and oxygen atoms in total. The molecule has 19 heavy (non-hydrogen) atoms. The molecule has 0 bridgehead atoms. The predicted octanol–water partition coefficient (Wildman–Crippen LogP) is 2.65. The zero-order valence-electron chi connectivity index (χ0n) is 10.7. The van der Waals surface area contributed by atoms with Gasteiger partial charge in [0, 0.05) is 6.07 Å². The number of ketones is 1. The summed E-state index contributed by atoms with van der Waals surface area (Å²) in [5.74, 6) is -0.246. The van der Waals surface area contributed by atoms with Gasteiger partial charge in [-0.3, -0.25) is 4.79 Å². The van der Waals surface area contributed by atoms with Crippen LogP contribution in [-0.4, -0.2) is 23.1 Å². The molecule has 2 aromatic rings. The largest absolute Gasteiger partial charge is 0.507 e. The number of methoxy groups -OCH3 is 1. The van der Waals surface area contributed by atoms with E-state index in [1.54, 1.807) is 12.1 Å². The van der Waals surface area contributed by atoms with Crippen LogP contribution < -0.4 is 4.74 Å². The normalized spacial score (nSPS) is 10.2. The Morgan fingerprint density at radius 3 is 2.11 bits per heavy atom. The Bertz CT molecular complexity index is 632. The number of rotatable bonds is 3. The summed E-state index contributed by atoms with van der Waals surface area (Å²) in [5.41, 5.74) is 1.14. The Morgan fingerprint density at radius 1 is 1.00 bits per heavy atom. The second kappa shape index (κ2) is 5.02. The molecule has 0 radical (unpaired) electrons. The van der Waals surface area contributed by atoms with Crippen molar-refractivity contribution < 1.29 is 19.7 Å². The minimum Gasteiger partial charge on any atom is -0.507 e. The van der Waals surface area contributed by atoms with Crippen molar-refractivity contribution in [2.75, 3.05) is 7.11 Å². The number of carbonyl (C=O) groups is 1. The first-order valence-corrected chi connectivity index (χ1v) is 5.74. The van der Waals surface area contributed by atoms with E-state index in [0.717, 1.165) is 5.56 Å². The maximum atomic E-state index is 12.2. The molecule has 0 aromatic heterocycles. The number of aromatic hydroxyl groups is 2. The molecule has 0 atom stereocenters. The van der Waals surface area contributed by atoms with Crippen molar-refractivity contribution in [3.05, 3.63) is 53.1 Å². The molecule has 98 valence electrons. The van der Waals surface area contributed by atoms with Gasteiger partial charge in [-0.2, -0.15) is 0 Å². The zero-order valence-corrected chi connectivity index (χ0v) is 10.7. The molecule has 0 heterocycles. The van der Waals surface area contributed by atoms with Crippen LogP contribution >= 0.6 is 0 Å². The maximum absolute atomic E-state index is 12.2. The third-order valence-corrected chi connectivity index (χ3v) is 2.85. The van der Waals surface area contributed by atoms with E-state index >= 15 is 0 Å². The second-order valence-corrected chi connectivity index (χ2v) is 4.23. The fourth-order valence-electron chi connectivity index (χ4n) is 1.81. The van der Waals surface area contributed by atoms with Crippen LogP contribution in [0.25, 0.3) is 0 Å². The van der Waals surface area contributed by atoms with E-state index < -0.39 is 5.78 Å². The van der Waals surface area contributed by atoms with Crippen molar-refractivity contribution in [3.8, 4) is 17.2 Å². The Morgan fingerprint density at radius 2 is 1.58 bits per heavy atom.